The molecule has 0 aliphatic rings. The molecule has 0 aliphatic heterocycles. The Hall–Kier alpha value is -2.61. The Balaban J connectivity index is 1.73. The largest absolute Gasteiger partial charge is 0.444 e. The van der Waals surface area contributed by atoms with Gasteiger partial charge in [0.25, 0.3) is 0 Å². The molecule has 2 N–H and O–H groups in total. The van der Waals surface area contributed by atoms with Crippen molar-refractivity contribution in [3.05, 3.63) is 29.3 Å². The molecule has 140 valence electrons. The summed E-state index contributed by atoms with van der Waals surface area (Å²) in [5.41, 5.74) is 0.144. The fourth-order valence-electron chi connectivity index (χ4n) is 1.92. The lowest BCUT2D eigenvalue weighted by molar-refractivity contribution is -0.116. The number of rotatable bonds is 6. The van der Waals surface area contributed by atoms with Crippen LogP contribution in [0.25, 0.3) is 11.5 Å². The number of hydrogen-bond donors (Lipinski definition) is 2. The molecule has 1 heterocycles. The molecule has 0 aliphatic carbocycles. The molecule has 8 nitrogen and oxygen atoms in total. The topological polar surface area (TPSA) is 106 Å². The normalized spacial score (nSPS) is 11.1. The molecule has 9 heteroatoms. The van der Waals surface area contributed by atoms with E-state index in [0.29, 0.717) is 23.6 Å². The van der Waals surface area contributed by atoms with E-state index in [2.05, 4.69) is 20.8 Å². The molecule has 0 fully saturated rings. The van der Waals surface area contributed by atoms with E-state index in [1.165, 1.54) is 0 Å². The minimum absolute atomic E-state index is 0.0139. The first-order valence-corrected chi connectivity index (χ1v) is 8.47. The molecular weight excluding hydrogens is 360 g/mol. The lowest BCUT2D eigenvalue weighted by Gasteiger charge is -2.19. The molecule has 2 amide bonds. The second-order valence-electron chi connectivity index (χ2n) is 6.50. The number of carbonyl (C=O) groups is 2. The summed E-state index contributed by atoms with van der Waals surface area (Å²) >= 11 is 5.83. The standard InChI is InChI=1S/C17H21ClN4O4/c1-17(2,3)26-16(24)19-10-4-5-13(23)20-15-22-21-14(25-15)11-6-8-12(18)9-7-11/h6-9H,4-5,10H2,1-3H3,(H,19,24)(H,20,22,23). The van der Waals surface area contributed by atoms with E-state index in [-0.39, 0.29) is 24.2 Å². The molecule has 0 unspecified atom stereocenters. The van der Waals surface area contributed by atoms with Gasteiger partial charge in [0.1, 0.15) is 5.60 Å². The molecule has 1 aromatic heterocycles. The first-order valence-electron chi connectivity index (χ1n) is 8.09. The highest BCUT2D eigenvalue weighted by Crippen LogP contribution is 2.21. The minimum Gasteiger partial charge on any atom is -0.444 e. The summed E-state index contributed by atoms with van der Waals surface area (Å²) in [6, 6.07) is 6.90. The number of benzene rings is 1. The van der Waals surface area contributed by atoms with Gasteiger partial charge in [0.2, 0.25) is 11.8 Å². The fourth-order valence-corrected chi connectivity index (χ4v) is 2.04. The van der Waals surface area contributed by atoms with Gasteiger partial charge in [-0.05, 0) is 51.5 Å². The average molecular weight is 381 g/mol. The number of ether oxygens (including phenoxy) is 1. The maximum Gasteiger partial charge on any atom is 0.407 e. The van der Waals surface area contributed by atoms with E-state index in [0.717, 1.165) is 0 Å². The summed E-state index contributed by atoms with van der Waals surface area (Å²) in [5, 5.41) is 13.4. The van der Waals surface area contributed by atoms with Crippen molar-refractivity contribution in [1.29, 1.82) is 0 Å². The van der Waals surface area contributed by atoms with Crippen LogP contribution in [0.1, 0.15) is 33.6 Å². The van der Waals surface area contributed by atoms with Crippen LogP contribution in [0.15, 0.2) is 28.7 Å². The summed E-state index contributed by atoms with van der Waals surface area (Å²) < 4.78 is 10.5. The van der Waals surface area contributed by atoms with Crippen LogP contribution >= 0.6 is 11.6 Å². The molecule has 26 heavy (non-hydrogen) atoms. The Morgan fingerprint density at radius 3 is 2.54 bits per heavy atom. The number of amides is 2. The van der Waals surface area contributed by atoms with Crippen molar-refractivity contribution in [2.75, 3.05) is 11.9 Å². The Morgan fingerprint density at radius 2 is 1.88 bits per heavy atom. The maximum absolute atomic E-state index is 11.9. The minimum atomic E-state index is -0.554. The quantitative estimate of drug-likeness (QED) is 0.741. The van der Waals surface area contributed by atoms with Crippen molar-refractivity contribution >= 4 is 29.6 Å². The molecule has 0 saturated heterocycles. The van der Waals surface area contributed by atoms with Crippen LogP contribution in [0.3, 0.4) is 0 Å². The Bertz CT molecular complexity index is 753. The van der Waals surface area contributed by atoms with Gasteiger partial charge in [0.15, 0.2) is 0 Å². The summed E-state index contributed by atoms with van der Waals surface area (Å²) in [7, 11) is 0. The highest BCUT2D eigenvalue weighted by Gasteiger charge is 2.16. The molecule has 0 spiro atoms. The van der Waals surface area contributed by atoms with Crippen LogP contribution in [0.2, 0.25) is 5.02 Å². The van der Waals surface area contributed by atoms with E-state index >= 15 is 0 Å². The lowest BCUT2D eigenvalue weighted by Crippen LogP contribution is -2.33. The predicted molar refractivity (Wildman–Crippen MR) is 96.8 cm³/mol. The van der Waals surface area contributed by atoms with Crippen molar-refractivity contribution in [1.82, 2.24) is 15.5 Å². The summed E-state index contributed by atoms with van der Waals surface area (Å²) in [5.74, 6) is -0.00847. The van der Waals surface area contributed by atoms with Crippen molar-refractivity contribution in [3.8, 4) is 11.5 Å². The Morgan fingerprint density at radius 1 is 1.19 bits per heavy atom. The lowest BCUT2D eigenvalue weighted by atomic mass is 10.2. The predicted octanol–water partition coefficient (Wildman–Crippen LogP) is 3.63. The SMILES string of the molecule is CC(C)(C)OC(=O)NCCCC(=O)Nc1nnc(-c2ccc(Cl)cc2)o1. The van der Waals surface area contributed by atoms with Gasteiger partial charge in [-0.25, -0.2) is 4.79 Å². The number of nitrogens with one attached hydrogen (secondary N) is 2. The van der Waals surface area contributed by atoms with Gasteiger partial charge in [-0.15, -0.1) is 5.10 Å². The third-order valence-corrected chi connectivity index (χ3v) is 3.26. The zero-order valence-electron chi connectivity index (χ0n) is 14.8. The van der Waals surface area contributed by atoms with Crippen LogP contribution in [-0.2, 0) is 9.53 Å². The smallest absolute Gasteiger partial charge is 0.407 e. The highest BCUT2D eigenvalue weighted by molar-refractivity contribution is 6.30. The van der Waals surface area contributed by atoms with Crippen LogP contribution in [0.5, 0.6) is 0 Å². The third-order valence-electron chi connectivity index (χ3n) is 3.01. The highest BCUT2D eigenvalue weighted by atomic mass is 35.5. The monoisotopic (exact) mass is 380 g/mol. The van der Waals surface area contributed by atoms with Gasteiger partial charge in [-0.2, -0.15) is 0 Å². The van der Waals surface area contributed by atoms with Gasteiger partial charge in [-0.3, -0.25) is 10.1 Å². The number of nitrogens with zero attached hydrogens (tertiary/aromatic N) is 2. The fraction of sp³-hybridized carbons (Fsp3) is 0.412. The number of hydrogen-bond acceptors (Lipinski definition) is 6. The number of carbonyl (C=O) groups excluding carboxylic acids is 2. The molecular formula is C17H21ClN4O4. The second-order valence-corrected chi connectivity index (χ2v) is 6.94. The van der Waals surface area contributed by atoms with Gasteiger partial charge in [0, 0.05) is 23.6 Å². The summed E-state index contributed by atoms with van der Waals surface area (Å²) in [6.45, 7) is 5.66. The van der Waals surface area contributed by atoms with Crippen LogP contribution in [0, 0.1) is 0 Å². The van der Waals surface area contributed by atoms with Gasteiger partial charge >= 0.3 is 12.1 Å². The number of halogens is 1. The molecule has 0 atom stereocenters. The second kappa shape index (κ2) is 8.66. The summed E-state index contributed by atoms with van der Waals surface area (Å²) in [6.07, 6.45) is 0.125. The summed E-state index contributed by atoms with van der Waals surface area (Å²) in [4.78, 5) is 23.4. The number of anilines is 1. The van der Waals surface area contributed by atoms with Crippen LogP contribution < -0.4 is 10.6 Å². The molecule has 2 rings (SSSR count). The number of aromatic nitrogens is 2. The van der Waals surface area contributed by atoms with Crippen LogP contribution in [-0.4, -0.2) is 34.3 Å². The van der Waals surface area contributed by atoms with E-state index in [9.17, 15) is 9.59 Å². The van der Waals surface area contributed by atoms with E-state index in [1.807, 2.05) is 0 Å². The Labute approximate surface area is 156 Å². The molecule has 0 saturated carbocycles. The van der Waals surface area contributed by atoms with Gasteiger partial charge in [-0.1, -0.05) is 16.7 Å². The molecule has 2 aromatic rings. The third kappa shape index (κ3) is 6.72. The zero-order chi connectivity index (χ0) is 19.2. The average Bonchev–Trinajstić information content (AvgIpc) is 2.99. The van der Waals surface area contributed by atoms with Crippen molar-refractivity contribution < 1.29 is 18.7 Å². The van der Waals surface area contributed by atoms with E-state index in [4.69, 9.17) is 20.8 Å². The Kier molecular flexibility index (Phi) is 6.57. The first-order chi connectivity index (χ1) is 12.2. The number of alkyl carbamates (subject to hydrolysis) is 1. The first kappa shape index (κ1) is 19.7. The van der Waals surface area contributed by atoms with Crippen molar-refractivity contribution in [2.24, 2.45) is 0 Å². The van der Waals surface area contributed by atoms with Crippen LogP contribution in [0.4, 0.5) is 10.8 Å². The van der Waals surface area contributed by atoms with Gasteiger partial charge in [0.05, 0.1) is 0 Å². The zero-order valence-corrected chi connectivity index (χ0v) is 15.6. The van der Waals surface area contributed by atoms with Gasteiger partial charge < -0.3 is 14.5 Å². The molecule has 1 aromatic carbocycles. The van der Waals surface area contributed by atoms with Crippen molar-refractivity contribution in [3.63, 3.8) is 0 Å². The van der Waals surface area contributed by atoms with E-state index < -0.39 is 11.7 Å². The maximum atomic E-state index is 11.9. The molecule has 0 radical (unpaired) electrons. The van der Waals surface area contributed by atoms with Crippen molar-refractivity contribution in [2.45, 2.75) is 39.2 Å². The van der Waals surface area contributed by atoms with E-state index in [1.54, 1.807) is 45.0 Å². The molecule has 0 bridgehead atoms.